The van der Waals surface area contributed by atoms with Crippen LogP contribution in [0.25, 0.3) is 0 Å². The standard InChI is InChI=1S/C20H31N3O4/c1-19(2,3)26-17(24)22-16-11-10-14(13-21-16)15-9-7-8-12-23(15)18(25)27-20(4,5)6/h10-11,13,15H,7-9,12H2,1-6H3,(H,21,22,24)/t15-/m1/s1. The summed E-state index contributed by atoms with van der Waals surface area (Å²) in [5.41, 5.74) is -0.172. The molecule has 1 aromatic rings. The van der Waals surface area contributed by atoms with Gasteiger partial charge in [-0.25, -0.2) is 14.6 Å². The van der Waals surface area contributed by atoms with Crippen molar-refractivity contribution in [3.8, 4) is 0 Å². The average molecular weight is 377 g/mol. The molecule has 2 heterocycles. The molecule has 1 saturated heterocycles. The van der Waals surface area contributed by atoms with Crippen LogP contribution < -0.4 is 5.32 Å². The van der Waals surface area contributed by atoms with E-state index in [0.717, 1.165) is 24.8 Å². The molecule has 2 rings (SSSR count). The van der Waals surface area contributed by atoms with E-state index in [1.54, 1.807) is 37.9 Å². The zero-order valence-electron chi connectivity index (χ0n) is 17.2. The van der Waals surface area contributed by atoms with E-state index < -0.39 is 17.3 Å². The van der Waals surface area contributed by atoms with Gasteiger partial charge in [-0.2, -0.15) is 0 Å². The maximum absolute atomic E-state index is 12.6. The van der Waals surface area contributed by atoms with Crippen LogP contribution in [0.3, 0.4) is 0 Å². The molecular weight excluding hydrogens is 346 g/mol. The molecule has 1 atom stereocenters. The largest absolute Gasteiger partial charge is 0.444 e. The van der Waals surface area contributed by atoms with Gasteiger partial charge in [0.15, 0.2) is 0 Å². The molecule has 0 unspecified atom stereocenters. The van der Waals surface area contributed by atoms with Crippen molar-refractivity contribution in [1.82, 2.24) is 9.88 Å². The summed E-state index contributed by atoms with van der Waals surface area (Å²) in [5, 5.41) is 2.62. The molecule has 0 aliphatic carbocycles. The fourth-order valence-corrected chi connectivity index (χ4v) is 2.90. The molecule has 1 aliphatic heterocycles. The molecule has 0 aromatic carbocycles. The molecule has 0 radical (unpaired) electrons. The predicted octanol–water partition coefficient (Wildman–Crippen LogP) is 4.89. The number of aromatic nitrogens is 1. The van der Waals surface area contributed by atoms with Gasteiger partial charge in [0.1, 0.15) is 17.0 Å². The first kappa shape index (κ1) is 21.0. The third kappa shape index (κ3) is 6.73. The summed E-state index contributed by atoms with van der Waals surface area (Å²) >= 11 is 0. The summed E-state index contributed by atoms with van der Waals surface area (Å²) in [4.78, 5) is 30.5. The van der Waals surface area contributed by atoms with E-state index in [4.69, 9.17) is 9.47 Å². The monoisotopic (exact) mass is 377 g/mol. The molecule has 1 N–H and O–H groups in total. The van der Waals surface area contributed by atoms with Crippen LogP contribution in [0.1, 0.15) is 72.4 Å². The van der Waals surface area contributed by atoms with Gasteiger partial charge in [-0.3, -0.25) is 5.32 Å². The zero-order valence-corrected chi connectivity index (χ0v) is 17.2. The Bertz CT molecular complexity index is 659. The third-order valence-electron chi connectivity index (χ3n) is 3.93. The molecule has 150 valence electrons. The highest BCUT2D eigenvalue weighted by molar-refractivity contribution is 5.83. The highest BCUT2D eigenvalue weighted by atomic mass is 16.6. The third-order valence-corrected chi connectivity index (χ3v) is 3.93. The van der Waals surface area contributed by atoms with Gasteiger partial charge >= 0.3 is 12.2 Å². The quantitative estimate of drug-likeness (QED) is 0.793. The van der Waals surface area contributed by atoms with Crippen LogP contribution in [-0.2, 0) is 9.47 Å². The number of carbonyl (C=O) groups is 2. The van der Waals surface area contributed by atoms with Gasteiger partial charge in [0.25, 0.3) is 0 Å². The van der Waals surface area contributed by atoms with Crippen molar-refractivity contribution in [2.24, 2.45) is 0 Å². The topological polar surface area (TPSA) is 80.8 Å². The minimum Gasteiger partial charge on any atom is -0.444 e. The molecule has 2 amide bonds. The number of rotatable bonds is 2. The summed E-state index contributed by atoms with van der Waals surface area (Å²) in [6, 6.07) is 3.53. The molecule has 1 aromatic heterocycles. The predicted molar refractivity (Wildman–Crippen MR) is 104 cm³/mol. The van der Waals surface area contributed by atoms with Gasteiger partial charge in [0, 0.05) is 12.7 Å². The first-order valence-electron chi connectivity index (χ1n) is 9.40. The van der Waals surface area contributed by atoms with E-state index in [1.165, 1.54) is 0 Å². The van der Waals surface area contributed by atoms with Crippen molar-refractivity contribution >= 4 is 18.0 Å². The second kappa shape index (κ2) is 8.15. The van der Waals surface area contributed by atoms with E-state index in [2.05, 4.69) is 10.3 Å². The van der Waals surface area contributed by atoms with E-state index in [1.807, 2.05) is 26.8 Å². The summed E-state index contributed by atoms with van der Waals surface area (Å²) in [5.74, 6) is 0.410. The molecule has 7 heteroatoms. The van der Waals surface area contributed by atoms with Crippen molar-refractivity contribution in [3.05, 3.63) is 23.9 Å². The second-order valence-corrected chi connectivity index (χ2v) is 8.79. The Balaban J connectivity index is 2.07. The Morgan fingerprint density at radius 3 is 2.30 bits per heavy atom. The van der Waals surface area contributed by atoms with Crippen LogP contribution in [0.4, 0.5) is 15.4 Å². The molecule has 27 heavy (non-hydrogen) atoms. The van der Waals surface area contributed by atoms with E-state index in [9.17, 15) is 9.59 Å². The average Bonchev–Trinajstić information content (AvgIpc) is 2.52. The Morgan fingerprint density at radius 2 is 1.74 bits per heavy atom. The van der Waals surface area contributed by atoms with Gasteiger partial charge in [0.2, 0.25) is 0 Å². The Labute approximate surface area is 161 Å². The number of hydrogen-bond donors (Lipinski definition) is 1. The van der Waals surface area contributed by atoms with Crippen molar-refractivity contribution in [1.29, 1.82) is 0 Å². The lowest BCUT2D eigenvalue weighted by molar-refractivity contribution is 0.00947. The molecular formula is C20H31N3O4. The van der Waals surface area contributed by atoms with Gasteiger partial charge in [-0.15, -0.1) is 0 Å². The summed E-state index contributed by atoms with van der Waals surface area (Å²) in [6.45, 7) is 11.7. The molecule has 0 bridgehead atoms. The van der Waals surface area contributed by atoms with Crippen molar-refractivity contribution in [2.75, 3.05) is 11.9 Å². The van der Waals surface area contributed by atoms with Gasteiger partial charge < -0.3 is 14.4 Å². The number of nitrogens with one attached hydrogen (secondary N) is 1. The number of pyridine rings is 1. The Morgan fingerprint density at radius 1 is 1.07 bits per heavy atom. The van der Waals surface area contributed by atoms with E-state index in [-0.39, 0.29) is 12.1 Å². The second-order valence-electron chi connectivity index (χ2n) is 8.79. The van der Waals surface area contributed by atoms with E-state index in [0.29, 0.717) is 12.4 Å². The lowest BCUT2D eigenvalue weighted by atomic mass is 9.97. The zero-order chi connectivity index (χ0) is 20.2. The normalized spacial score (nSPS) is 18.0. The van der Waals surface area contributed by atoms with Crippen molar-refractivity contribution in [2.45, 2.75) is 78.0 Å². The molecule has 0 saturated carbocycles. The summed E-state index contributed by atoms with van der Waals surface area (Å²) < 4.78 is 10.8. The maximum atomic E-state index is 12.6. The van der Waals surface area contributed by atoms with Gasteiger partial charge in [-0.1, -0.05) is 6.07 Å². The first-order valence-corrected chi connectivity index (χ1v) is 9.40. The number of ether oxygens (including phenoxy) is 2. The van der Waals surface area contributed by atoms with E-state index >= 15 is 0 Å². The molecule has 1 fully saturated rings. The Hall–Kier alpha value is -2.31. The number of piperidine rings is 1. The molecule has 7 nitrogen and oxygen atoms in total. The minimum atomic E-state index is -0.569. The molecule has 1 aliphatic rings. The smallest absolute Gasteiger partial charge is 0.413 e. The Kier molecular flexibility index (Phi) is 6.34. The fraction of sp³-hybridized carbons (Fsp3) is 0.650. The number of amides is 2. The lowest BCUT2D eigenvalue weighted by Gasteiger charge is -2.36. The first-order chi connectivity index (χ1) is 12.4. The van der Waals surface area contributed by atoms with Crippen LogP contribution in [0.2, 0.25) is 0 Å². The number of hydrogen-bond acceptors (Lipinski definition) is 5. The minimum absolute atomic E-state index is 0.0725. The van der Waals surface area contributed by atoms with Crippen LogP contribution in [0.15, 0.2) is 18.3 Å². The van der Waals surface area contributed by atoms with Crippen molar-refractivity contribution < 1.29 is 19.1 Å². The summed E-state index contributed by atoms with van der Waals surface area (Å²) in [7, 11) is 0. The molecule has 0 spiro atoms. The number of nitrogens with zero attached hydrogens (tertiary/aromatic N) is 2. The van der Waals surface area contributed by atoms with Crippen LogP contribution in [0.5, 0.6) is 0 Å². The van der Waals surface area contributed by atoms with Crippen molar-refractivity contribution in [3.63, 3.8) is 0 Å². The fourth-order valence-electron chi connectivity index (χ4n) is 2.90. The van der Waals surface area contributed by atoms with Gasteiger partial charge in [0.05, 0.1) is 6.04 Å². The maximum Gasteiger partial charge on any atom is 0.413 e. The van der Waals surface area contributed by atoms with Crippen LogP contribution in [0, 0.1) is 0 Å². The number of likely N-dealkylation sites (tertiary alicyclic amines) is 1. The lowest BCUT2D eigenvalue weighted by Crippen LogP contribution is -2.41. The highest BCUT2D eigenvalue weighted by Crippen LogP contribution is 2.32. The number of carbonyl (C=O) groups excluding carboxylic acids is 2. The van der Waals surface area contributed by atoms with Gasteiger partial charge in [-0.05, 0) is 72.4 Å². The summed E-state index contributed by atoms with van der Waals surface area (Å²) in [6.07, 6.45) is 3.71. The number of anilines is 1. The van der Waals surface area contributed by atoms with Crippen LogP contribution in [-0.4, -0.2) is 39.8 Å². The van der Waals surface area contributed by atoms with Crippen LogP contribution >= 0.6 is 0 Å². The SMILES string of the molecule is CC(C)(C)OC(=O)Nc1ccc([C@H]2CCCCN2C(=O)OC(C)(C)C)cn1. The highest BCUT2D eigenvalue weighted by Gasteiger charge is 2.31.